The molecule has 0 saturated carbocycles. The van der Waals surface area contributed by atoms with E-state index < -0.39 is 0 Å². The predicted molar refractivity (Wildman–Crippen MR) is 78.1 cm³/mol. The van der Waals surface area contributed by atoms with Crippen molar-refractivity contribution in [3.05, 3.63) is 64.4 Å². The monoisotopic (exact) mass is 292 g/mol. The molecule has 0 aliphatic carbocycles. The topological polar surface area (TPSA) is 55.1 Å². The Morgan fingerprint density at radius 2 is 1.90 bits per heavy atom. The Morgan fingerprint density at radius 1 is 1.25 bits per heavy atom. The van der Waals surface area contributed by atoms with Crippen molar-refractivity contribution in [1.29, 1.82) is 0 Å². The number of nitrogens with two attached hydrogens (primary N) is 1. The number of hydrogen-bond acceptors (Lipinski definition) is 2. The van der Waals surface area contributed by atoms with Crippen molar-refractivity contribution in [2.75, 3.05) is 5.73 Å². The van der Waals surface area contributed by atoms with Crippen molar-refractivity contribution in [3.63, 3.8) is 0 Å². The molecule has 1 atom stereocenters. The lowest BCUT2D eigenvalue weighted by Gasteiger charge is -2.14. The summed E-state index contributed by atoms with van der Waals surface area (Å²) in [5.74, 6) is -0.592. The van der Waals surface area contributed by atoms with E-state index in [0.29, 0.717) is 16.3 Å². The van der Waals surface area contributed by atoms with Crippen LogP contribution < -0.4 is 11.1 Å². The third-order valence-electron chi connectivity index (χ3n) is 2.90. The first kappa shape index (κ1) is 14.3. The number of nitrogens with one attached hydrogen (secondary N) is 1. The molecule has 2 aromatic carbocycles. The molecule has 3 nitrogen and oxygen atoms in total. The van der Waals surface area contributed by atoms with Gasteiger partial charge in [-0.25, -0.2) is 4.39 Å². The fourth-order valence-corrected chi connectivity index (χ4v) is 2.10. The van der Waals surface area contributed by atoms with Crippen LogP contribution in [0, 0.1) is 5.82 Å². The Kier molecular flexibility index (Phi) is 4.25. The Hall–Kier alpha value is -2.07. The number of rotatable bonds is 3. The molecule has 3 N–H and O–H groups in total. The van der Waals surface area contributed by atoms with Gasteiger partial charge in [0.15, 0.2) is 0 Å². The normalized spacial score (nSPS) is 11.9. The third-order valence-corrected chi connectivity index (χ3v) is 3.12. The van der Waals surface area contributed by atoms with Gasteiger partial charge in [0, 0.05) is 16.3 Å². The fourth-order valence-electron chi connectivity index (χ4n) is 1.86. The van der Waals surface area contributed by atoms with Crippen LogP contribution in [0.25, 0.3) is 0 Å². The van der Waals surface area contributed by atoms with E-state index in [2.05, 4.69) is 5.32 Å². The summed E-state index contributed by atoms with van der Waals surface area (Å²) in [4.78, 5) is 12.1. The molecule has 0 bridgehead atoms. The number of amides is 1. The standard InChI is InChI=1S/C15H14ClFN2O/c1-9(10-2-4-13(17)5-3-10)19-15(20)11-6-12(16)8-14(18)7-11/h2-9H,18H2,1H3,(H,19,20)/t9-/m1/s1. The maximum absolute atomic E-state index is 12.9. The van der Waals surface area contributed by atoms with Crippen LogP contribution in [0.4, 0.5) is 10.1 Å². The zero-order valence-electron chi connectivity index (χ0n) is 10.9. The summed E-state index contributed by atoms with van der Waals surface area (Å²) in [6.45, 7) is 1.82. The molecule has 0 fully saturated rings. The molecule has 2 rings (SSSR count). The van der Waals surface area contributed by atoms with Crippen molar-refractivity contribution < 1.29 is 9.18 Å². The predicted octanol–water partition coefficient (Wildman–Crippen LogP) is 3.55. The van der Waals surface area contributed by atoms with Crippen LogP contribution in [0.2, 0.25) is 5.02 Å². The molecular weight excluding hydrogens is 279 g/mol. The molecule has 5 heteroatoms. The molecular formula is C15H14ClFN2O. The van der Waals surface area contributed by atoms with E-state index in [9.17, 15) is 9.18 Å². The van der Waals surface area contributed by atoms with Gasteiger partial charge in [-0.15, -0.1) is 0 Å². The number of nitrogen functional groups attached to an aromatic ring is 1. The van der Waals surface area contributed by atoms with Gasteiger partial charge >= 0.3 is 0 Å². The molecule has 1 amide bonds. The molecule has 0 aliphatic rings. The quantitative estimate of drug-likeness (QED) is 0.850. The van der Waals surface area contributed by atoms with Gasteiger partial charge in [0.05, 0.1) is 6.04 Å². The average molecular weight is 293 g/mol. The largest absolute Gasteiger partial charge is 0.399 e. The Balaban J connectivity index is 2.12. The number of hydrogen-bond donors (Lipinski definition) is 2. The minimum atomic E-state index is -0.310. The van der Waals surface area contributed by atoms with E-state index in [0.717, 1.165) is 5.56 Å². The zero-order chi connectivity index (χ0) is 14.7. The molecule has 0 radical (unpaired) electrons. The number of carbonyl (C=O) groups excluding carboxylic acids is 1. The third kappa shape index (κ3) is 3.48. The smallest absolute Gasteiger partial charge is 0.251 e. The molecule has 0 heterocycles. The van der Waals surface area contributed by atoms with E-state index >= 15 is 0 Å². The van der Waals surface area contributed by atoms with Crippen molar-refractivity contribution in [2.45, 2.75) is 13.0 Å². The van der Waals surface area contributed by atoms with Crippen LogP contribution in [0.5, 0.6) is 0 Å². The zero-order valence-corrected chi connectivity index (χ0v) is 11.6. The van der Waals surface area contributed by atoms with Crippen molar-refractivity contribution >= 4 is 23.2 Å². The highest BCUT2D eigenvalue weighted by Crippen LogP contribution is 2.18. The summed E-state index contributed by atoms with van der Waals surface area (Å²) >= 11 is 5.86. The Labute approximate surface area is 121 Å². The van der Waals surface area contributed by atoms with Crippen molar-refractivity contribution in [2.24, 2.45) is 0 Å². The van der Waals surface area contributed by atoms with Gasteiger partial charge < -0.3 is 11.1 Å². The van der Waals surface area contributed by atoms with E-state index in [4.69, 9.17) is 17.3 Å². The van der Waals surface area contributed by atoms with Gasteiger partial charge in [-0.2, -0.15) is 0 Å². The highest BCUT2D eigenvalue weighted by atomic mass is 35.5. The SMILES string of the molecule is C[C@@H](NC(=O)c1cc(N)cc(Cl)c1)c1ccc(F)cc1. The molecule has 0 aliphatic heterocycles. The minimum absolute atomic E-state index is 0.247. The van der Waals surface area contributed by atoms with Crippen LogP contribution >= 0.6 is 11.6 Å². The second-order valence-corrected chi connectivity index (χ2v) is 4.96. The first-order valence-electron chi connectivity index (χ1n) is 6.08. The summed E-state index contributed by atoms with van der Waals surface area (Å²) in [5, 5.41) is 3.22. The van der Waals surface area contributed by atoms with Crippen LogP contribution in [0.3, 0.4) is 0 Å². The fraction of sp³-hybridized carbons (Fsp3) is 0.133. The molecule has 20 heavy (non-hydrogen) atoms. The van der Waals surface area contributed by atoms with E-state index in [1.807, 2.05) is 6.92 Å². The summed E-state index contributed by atoms with van der Waals surface area (Å²) in [5.41, 5.74) is 7.28. The van der Waals surface area contributed by atoms with Crippen LogP contribution in [0.15, 0.2) is 42.5 Å². The summed E-state index contributed by atoms with van der Waals surface area (Å²) in [6.07, 6.45) is 0. The van der Waals surface area contributed by atoms with Crippen LogP contribution in [0.1, 0.15) is 28.9 Å². The molecule has 0 saturated heterocycles. The van der Waals surface area contributed by atoms with E-state index in [1.165, 1.54) is 12.1 Å². The molecule has 0 spiro atoms. The lowest BCUT2D eigenvalue weighted by atomic mass is 10.1. The Morgan fingerprint density at radius 3 is 2.50 bits per heavy atom. The van der Waals surface area contributed by atoms with Gasteiger partial charge in [0.25, 0.3) is 5.91 Å². The second kappa shape index (κ2) is 5.92. The first-order valence-corrected chi connectivity index (χ1v) is 6.46. The number of benzene rings is 2. The van der Waals surface area contributed by atoms with Gasteiger partial charge in [-0.3, -0.25) is 4.79 Å². The van der Waals surface area contributed by atoms with Gasteiger partial charge in [0.2, 0.25) is 0 Å². The van der Waals surface area contributed by atoms with Crippen molar-refractivity contribution in [3.8, 4) is 0 Å². The first-order chi connectivity index (χ1) is 9.45. The average Bonchev–Trinajstić information content (AvgIpc) is 2.38. The van der Waals surface area contributed by atoms with Crippen LogP contribution in [-0.4, -0.2) is 5.91 Å². The molecule has 0 unspecified atom stereocenters. The molecule has 0 aromatic heterocycles. The maximum Gasteiger partial charge on any atom is 0.251 e. The lowest BCUT2D eigenvalue weighted by molar-refractivity contribution is 0.0940. The van der Waals surface area contributed by atoms with E-state index in [1.54, 1.807) is 30.3 Å². The number of anilines is 1. The molecule has 2 aromatic rings. The highest BCUT2D eigenvalue weighted by molar-refractivity contribution is 6.31. The second-order valence-electron chi connectivity index (χ2n) is 4.52. The summed E-state index contributed by atoms with van der Waals surface area (Å²) in [7, 11) is 0. The van der Waals surface area contributed by atoms with E-state index in [-0.39, 0.29) is 17.8 Å². The van der Waals surface area contributed by atoms with Gasteiger partial charge in [-0.05, 0) is 42.8 Å². The van der Waals surface area contributed by atoms with Gasteiger partial charge in [0.1, 0.15) is 5.82 Å². The highest BCUT2D eigenvalue weighted by Gasteiger charge is 2.12. The molecule has 104 valence electrons. The summed E-state index contributed by atoms with van der Waals surface area (Å²) in [6, 6.07) is 10.4. The summed E-state index contributed by atoms with van der Waals surface area (Å²) < 4.78 is 12.9. The van der Waals surface area contributed by atoms with Gasteiger partial charge in [-0.1, -0.05) is 23.7 Å². The van der Waals surface area contributed by atoms with Crippen LogP contribution in [-0.2, 0) is 0 Å². The maximum atomic E-state index is 12.9. The lowest BCUT2D eigenvalue weighted by Crippen LogP contribution is -2.26. The Bertz CT molecular complexity index is 608. The minimum Gasteiger partial charge on any atom is -0.399 e. The van der Waals surface area contributed by atoms with Crippen molar-refractivity contribution in [1.82, 2.24) is 5.32 Å². The number of carbonyl (C=O) groups is 1. The number of halogens is 2.